The van der Waals surface area contributed by atoms with Crippen LogP contribution >= 0.6 is 0 Å². The number of phenols is 1. The van der Waals surface area contributed by atoms with E-state index in [4.69, 9.17) is 0 Å². The van der Waals surface area contributed by atoms with Gasteiger partial charge in [0.2, 0.25) is 0 Å². The molecule has 26 heavy (non-hydrogen) atoms. The van der Waals surface area contributed by atoms with Crippen LogP contribution in [0.3, 0.4) is 0 Å². The third-order valence-corrected chi connectivity index (χ3v) is 4.29. The first-order valence-electron chi connectivity index (χ1n) is 8.39. The van der Waals surface area contributed by atoms with Gasteiger partial charge in [-0.25, -0.2) is 4.98 Å². The Balaban J connectivity index is 1.84. The van der Waals surface area contributed by atoms with Crippen LogP contribution < -0.4 is 5.32 Å². The van der Waals surface area contributed by atoms with Gasteiger partial charge in [-0.2, -0.15) is 0 Å². The number of pyridine rings is 3. The summed E-state index contributed by atoms with van der Waals surface area (Å²) in [7, 11) is 0. The Bertz CT molecular complexity index is 1050. The zero-order valence-electron chi connectivity index (χ0n) is 14.3. The monoisotopic (exact) mass is 342 g/mol. The van der Waals surface area contributed by atoms with Gasteiger partial charge in [-0.15, -0.1) is 0 Å². The average molecular weight is 342 g/mol. The Labute approximate surface area is 151 Å². The minimum absolute atomic E-state index is 0.164. The van der Waals surface area contributed by atoms with Crippen LogP contribution in [0, 0.1) is 6.92 Å². The van der Waals surface area contributed by atoms with Crippen molar-refractivity contribution in [1.29, 1.82) is 0 Å². The molecule has 1 atom stereocenters. The zero-order valence-corrected chi connectivity index (χ0v) is 14.3. The van der Waals surface area contributed by atoms with E-state index in [9.17, 15) is 5.11 Å². The molecule has 0 saturated carbocycles. The molecular weight excluding hydrogens is 324 g/mol. The van der Waals surface area contributed by atoms with Crippen molar-refractivity contribution < 1.29 is 5.11 Å². The lowest BCUT2D eigenvalue weighted by atomic mass is 9.97. The van der Waals surface area contributed by atoms with E-state index in [-0.39, 0.29) is 11.8 Å². The minimum atomic E-state index is -0.301. The molecule has 0 aliphatic heterocycles. The highest BCUT2D eigenvalue weighted by Gasteiger charge is 2.20. The molecule has 5 nitrogen and oxygen atoms in total. The number of phenolic OH excluding ortho intramolecular Hbond substituents is 1. The smallest absolute Gasteiger partial charge is 0.147 e. The van der Waals surface area contributed by atoms with Gasteiger partial charge >= 0.3 is 0 Å². The molecule has 1 unspecified atom stereocenters. The molecule has 0 radical (unpaired) electrons. The average Bonchev–Trinajstić information content (AvgIpc) is 2.68. The van der Waals surface area contributed by atoms with Gasteiger partial charge in [-0.05, 0) is 36.8 Å². The molecule has 5 heteroatoms. The Morgan fingerprint density at radius 1 is 0.962 bits per heavy atom. The highest BCUT2D eigenvalue weighted by Crippen LogP contribution is 2.35. The SMILES string of the molecule is Cc1cccc(NC(c2cccnc2)c2ccc3cccnc3c2O)n1. The van der Waals surface area contributed by atoms with Crippen LogP contribution in [0.25, 0.3) is 10.9 Å². The van der Waals surface area contributed by atoms with Gasteiger partial charge in [0.25, 0.3) is 0 Å². The molecule has 0 spiro atoms. The van der Waals surface area contributed by atoms with E-state index < -0.39 is 0 Å². The van der Waals surface area contributed by atoms with E-state index in [0.717, 1.165) is 28.0 Å². The number of benzene rings is 1. The Morgan fingerprint density at radius 2 is 1.85 bits per heavy atom. The summed E-state index contributed by atoms with van der Waals surface area (Å²) in [6, 6.07) is 17.0. The number of nitrogens with one attached hydrogen (secondary N) is 1. The molecule has 128 valence electrons. The first-order chi connectivity index (χ1) is 12.7. The number of aromatic nitrogens is 3. The van der Waals surface area contributed by atoms with Crippen molar-refractivity contribution in [3.05, 3.63) is 90.0 Å². The second kappa shape index (κ2) is 6.80. The lowest BCUT2D eigenvalue weighted by Gasteiger charge is -2.21. The first-order valence-corrected chi connectivity index (χ1v) is 8.39. The highest BCUT2D eigenvalue weighted by molar-refractivity contribution is 5.85. The number of anilines is 1. The normalized spacial score (nSPS) is 12.0. The van der Waals surface area contributed by atoms with E-state index in [0.29, 0.717) is 5.52 Å². The van der Waals surface area contributed by atoms with Gasteiger partial charge in [-0.1, -0.05) is 30.3 Å². The molecule has 0 fully saturated rings. The molecule has 0 saturated heterocycles. The fourth-order valence-electron chi connectivity index (χ4n) is 3.04. The molecule has 1 aromatic carbocycles. The predicted molar refractivity (Wildman–Crippen MR) is 102 cm³/mol. The van der Waals surface area contributed by atoms with Crippen molar-refractivity contribution in [2.45, 2.75) is 13.0 Å². The second-order valence-corrected chi connectivity index (χ2v) is 6.11. The summed E-state index contributed by atoms with van der Waals surface area (Å²) < 4.78 is 0. The lowest BCUT2D eigenvalue weighted by Crippen LogP contribution is -2.14. The van der Waals surface area contributed by atoms with Crippen molar-refractivity contribution in [3.8, 4) is 5.75 Å². The van der Waals surface area contributed by atoms with E-state index in [1.54, 1.807) is 18.6 Å². The van der Waals surface area contributed by atoms with Crippen molar-refractivity contribution >= 4 is 16.7 Å². The fourth-order valence-corrected chi connectivity index (χ4v) is 3.04. The van der Waals surface area contributed by atoms with E-state index in [1.807, 2.05) is 61.5 Å². The predicted octanol–water partition coefficient (Wildman–Crippen LogP) is 4.24. The lowest BCUT2D eigenvalue weighted by molar-refractivity contribution is 0.471. The Kier molecular flexibility index (Phi) is 4.19. The van der Waals surface area contributed by atoms with E-state index >= 15 is 0 Å². The molecular formula is C21H18N4O. The quantitative estimate of drug-likeness (QED) is 0.580. The van der Waals surface area contributed by atoms with Gasteiger partial charge in [0.1, 0.15) is 17.1 Å². The minimum Gasteiger partial charge on any atom is -0.505 e. The van der Waals surface area contributed by atoms with Crippen LogP contribution in [-0.4, -0.2) is 20.1 Å². The number of hydrogen-bond acceptors (Lipinski definition) is 5. The van der Waals surface area contributed by atoms with Crippen LogP contribution in [-0.2, 0) is 0 Å². The van der Waals surface area contributed by atoms with Crippen LogP contribution in [0.1, 0.15) is 22.9 Å². The number of nitrogens with zero attached hydrogens (tertiary/aromatic N) is 3. The number of aromatic hydroxyl groups is 1. The van der Waals surface area contributed by atoms with Crippen molar-refractivity contribution in [3.63, 3.8) is 0 Å². The number of aryl methyl sites for hydroxylation is 1. The summed E-state index contributed by atoms with van der Waals surface area (Å²) in [5, 5.41) is 15.2. The van der Waals surface area contributed by atoms with Crippen molar-refractivity contribution in [2.24, 2.45) is 0 Å². The number of hydrogen-bond donors (Lipinski definition) is 2. The van der Waals surface area contributed by atoms with Crippen LogP contribution in [0.4, 0.5) is 5.82 Å². The topological polar surface area (TPSA) is 70.9 Å². The molecule has 0 aliphatic carbocycles. The van der Waals surface area contributed by atoms with Gasteiger partial charge in [0.15, 0.2) is 0 Å². The highest BCUT2D eigenvalue weighted by atomic mass is 16.3. The number of rotatable bonds is 4. The maximum Gasteiger partial charge on any atom is 0.147 e. The maximum atomic E-state index is 10.9. The van der Waals surface area contributed by atoms with Gasteiger partial charge in [0.05, 0.1) is 6.04 Å². The fraction of sp³-hybridized carbons (Fsp3) is 0.0952. The summed E-state index contributed by atoms with van der Waals surface area (Å²) in [6.07, 6.45) is 5.20. The summed E-state index contributed by atoms with van der Waals surface area (Å²) >= 11 is 0. The van der Waals surface area contributed by atoms with Gasteiger partial charge in [-0.3, -0.25) is 9.97 Å². The third-order valence-electron chi connectivity index (χ3n) is 4.29. The van der Waals surface area contributed by atoms with E-state index in [1.165, 1.54) is 0 Å². The molecule has 3 aromatic heterocycles. The van der Waals surface area contributed by atoms with Crippen molar-refractivity contribution in [1.82, 2.24) is 15.0 Å². The molecule has 0 amide bonds. The first kappa shape index (κ1) is 16.0. The molecule has 3 heterocycles. The summed E-state index contributed by atoms with van der Waals surface area (Å²) in [5.74, 6) is 0.900. The summed E-state index contributed by atoms with van der Waals surface area (Å²) in [6.45, 7) is 1.95. The van der Waals surface area contributed by atoms with Crippen molar-refractivity contribution in [2.75, 3.05) is 5.32 Å². The maximum absolute atomic E-state index is 10.9. The second-order valence-electron chi connectivity index (χ2n) is 6.11. The number of fused-ring (bicyclic) bond motifs is 1. The van der Waals surface area contributed by atoms with Gasteiger partial charge in [0, 0.05) is 35.2 Å². The zero-order chi connectivity index (χ0) is 17.9. The summed E-state index contributed by atoms with van der Waals surface area (Å²) in [5.41, 5.74) is 3.16. The van der Waals surface area contributed by atoms with Crippen LogP contribution in [0.2, 0.25) is 0 Å². The molecule has 0 bridgehead atoms. The molecule has 4 rings (SSSR count). The Morgan fingerprint density at radius 3 is 2.65 bits per heavy atom. The van der Waals surface area contributed by atoms with E-state index in [2.05, 4.69) is 20.3 Å². The molecule has 4 aromatic rings. The third kappa shape index (κ3) is 3.07. The Hall–Kier alpha value is -3.47. The standard InChI is InChI=1S/C21H18N4O/c1-14-5-2-8-18(24-14)25-19(16-7-3-11-22-13-16)17-10-9-15-6-4-12-23-20(15)21(17)26/h2-13,19,26H,1H3,(H,24,25). The molecule has 2 N–H and O–H groups in total. The molecule has 0 aliphatic rings. The van der Waals surface area contributed by atoms with Crippen LogP contribution in [0.15, 0.2) is 73.2 Å². The van der Waals surface area contributed by atoms with Gasteiger partial charge < -0.3 is 10.4 Å². The summed E-state index contributed by atoms with van der Waals surface area (Å²) in [4.78, 5) is 13.1. The van der Waals surface area contributed by atoms with Crippen LogP contribution in [0.5, 0.6) is 5.75 Å². The largest absolute Gasteiger partial charge is 0.505 e.